The van der Waals surface area contributed by atoms with Gasteiger partial charge in [0.25, 0.3) is 0 Å². The third-order valence-corrected chi connectivity index (χ3v) is 9.43. The van der Waals surface area contributed by atoms with Crippen molar-refractivity contribution in [1.82, 2.24) is 4.98 Å². The highest BCUT2D eigenvalue weighted by atomic mass is 16.6. The normalized spacial score (nSPS) is 36.8. The minimum Gasteiger partial charge on any atom is -0.462 e. The second kappa shape index (κ2) is 15.2. The number of hydrogen-bond donors (Lipinski definition) is 3. The molecule has 11 heteroatoms. The number of fused-ring (bicyclic) bond motifs is 3. The molecule has 0 amide bonds. The summed E-state index contributed by atoms with van der Waals surface area (Å²) in [6.45, 7) is 11.2. The van der Waals surface area contributed by atoms with E-state index >= 15 is 0 Å². The SMILES string of the molecule is CO[C@H](/C(C)=C/C=C/C(C)=C/c1coc(C)n1)[C@@H](C)C1C[C@H](O)[C@]2(C)O[C@@H]2/C=C/[C@@H](C)[C@H]2C[C@H](CC(=O)O2)C[C@@H](O)[C@@H](O)C(=O)O1. The Morgan fingerprint density at radius 1 is 1.13 bits per heavy atom. The molecule has 2 fully saturated rings. The largest absolute Gasteiger partial charge is 0.462 e. The minimum absolute atomic E-state index is 0.0108. The first-order valence-corrected chi connectivity index (χ1v) is 16.0. The second-order valence-electron chi connectivity index (χ2n) is 13.2. The second-order valence-corrected chi connectivity index (χ2v) is 13.2. The first kappa shape index (κ1) is 35.8. The molecule has 3 aliphatic heterocycles. The molecule has 0 aromatic carbocycles. The van der Waals surface area contributed by atoms with Gasteiger partial charge in [-0.15, -0.1) is 0 Å². The van der Waals surface area contributed by atoms with Crippen LogP contribution in [0.4, 0.5) is 0 Å². The topological polar surface area (TPSA) is 161 Å². The van der Waals surface area contributed by atoms with Gasteiger partial charge in [0.1, 0.15) is 35.9 Å². The van der Waals surface area contributed by atoms with E-state index in [1.165, 1.54) is 0 Å². The summed E-state index contributed by atoms with van der Waals surface area (Å²) in [6, 6.07) is 0. The molecule has 4 rings (SSSR count). The first-order chi connectivity index (χ1) is 21.7. The van der Waals surface area contributed by atoms with E-state index in [1.54, 1.807) is 27.2 Å². The summed E-state index contributed by atoms with van der Waals surface area (Å²) in [5, 5.41) is 33.0. The Kier molecular flexibility index (Phi) is 11.8. The molecular weight excluding hydrogens is 594 g/mol. The van der Waals surface area contributed by atoms with E-state index in [0.717, 1.165) is 16.8 Å². The molecule has 11 atom stereocenters. The molecule has 254 valence electrons. The van der Waals surface area contributed by atoms with Crippen LogP contribution in [0.15, 0.2) is 52.2 Å². The van der Waals surface area contributed by atoms with E-state index in [1.807, 2.05) is 64.2 Å². The van der Waals surface area contributed by atoms with E-state index in [-0.39, 0.29) is 43.2 Å². The number of rotatable bonds is 7. The van der Waals surface area contributed by atoms with Crippen LogP contribution >= 0.6 is 0 Å². The maximum Gasteiger partial charge on any atom is 0.337 e. The first-order valence-electron chi connectivity index (χ1n) is 16.0. The quantitative estimate of drug-likeness (QED) is 0.170. The predicted molar refractivity (Wildman–Crippen MR) is 169 cm³/mol. The lowest BCUT2D eigenvalue weighted by atomic mass is 9.84. The predicted octanol–water partition coefficient (Wildman–Crippen LogP) is 4.00. The Balaban J connectivity index is 1.55. The lowest BCUT2D eigenvalue weighted by Crippen LogP contribution is -2.45. The zero-order valence-corrected chi connectivity index (χ0v) is 27.8. The number of aliphatic hydroxyl groups excluding tert-OH is 3. The number of cyclic esters (lactones) is 1. The molecule has 2 saturated heterocycles. The van der Waals surface area contributed by atoms with Gasteiger partial charge in [0.15, 0.2) is 12.0 Å². The molecule has 46 heavy (non-hydrogen) atoms. The van der Waals surface area contributed by atoms with Crippen molar-refractivity contribution in [3.63, 3.8) is 0 Å². The van der Waals surface area contributed by atoms with Crippen LogP contribution in [0.3, 0.4) is 0 Å². The van der Waals surface area contributed by atoms with Gasteiger partial charge in [0, 0.05) is 38.7 Å². The number of hydrogen-bond acceptors (Lipinski definition) is 11. The van der Waals surface area contributed by atoms with Crippen LogP contribution in [0.5, 0.6) is 0 Å². The summed E-state index contributed by atoms with van der Waals surface area (Å²) < 4.78 is 28.4. The molecule has 1 unspecified atom stereocenters. The molecule has 3 N–H and O–H groups in total. The van der Waals surface area contributed by atoms with Crippen LogP contribution in [0, 0.1) is 24.7 Å². The average molecular weight is 644 g/mol. The number of carbonyl (C=O) groups excluding carboxylic acids is 2. The fourth-order valence-corrected chi connectivity index (χ4v) is 6.41. The number of epoxide rings is 1. The summed E-state index contributed by atoms with van der Waals surface area (Å²) in [5.41, 5.74) is 1.60. The number of methoxy groups -OCH3 is 1. The fraction of sp³-hybridized carbons (Fsp3) is 0.629. The summed E-state index contributed by atoms with van der Waals surface area (Å²) in [7, 11) is 1.56. The Labute approximate surface area is 271 Å². The molecule has 11 nitrogen and oxygen atoms in total. The highest BCUT2D eigenvalue weighted by Gasteiger charge is 2.57. The summed E-state index contributed by atoms with van der Waals surface area (Å²) in [5.74, 6) is -1.68. The fourth-order valence-electron chi connectivity index (χ4n) is 6.41. The van der Waals surface area contributed by atoms with Crippen LogP contribution in [-0.2, 0) is 28.5 Å². The van der Waals surface area contributed by atoms with Gasteiger partial charge >= 0.3 is 11.9 Å². The third-order valence-electron chi connectivity index (χ3n) is 9.43. The number of aliphatic hydroxyl groups is 3. The summed E-state index contributed by atoms with van der Waals surface area (Å²) >= 11 is 0. The van der Waals surface area contributed by atoms with E-state index in [9.17, 15) is 24.9 Å². The molecule has 2 bridgehead atoms. The molecule has 0 spiro atoms. The molecule has 0 radical (unpaired) electrons. The highest BCUT2D eigenvalue weighted by Crippen LogP contribution is 2.43. The number of aryl methyl sites for hydroxylation is 1. The Hall–Kier alpha value is -3.09. The monoisotopic (exact) mass is 643 g/mol. The number of carbonyl (C=O) groups is 2. The van der Waals surface area contributed by atoms with Gasteiger partial charge in [-0.05, 0) is 56.8 Å². The molecule has 0 aliphatic carbocycles. The van der Waals surface area contributed by atoms with Crippen LogP contribution in [-0.4, -0.2) is 87.7 Å². The number of nitrogens with zero attached hydrogens (tertiary/aromatic N) is 1. The van der Waals surface area contributed by atoms with Gasteiger partial charge < -0.3 is 38.7 Å². The standard InChI is InChI=1S/C35H49NO10/c1-19(13-25-18-43-23(5)36-25)9-8-10-21(3)33(42-7)22(4)28-17-29(38)35(6)30(46-35)12-11-20(2)27-15-24(16-31(39)44-27)14-26(37)32(40)34(41)45-28/h8-13,18,20,22,24,26-30,32-33,37-38,40H,14-17H2,1-7H3/b9-8+,12-11+,19-13+,21-10+/t20-,22+,24-,26-,27-,28?,29+,30-,32-,33-,35+/m1/s1. The van der Waals surface area contributed by atoms with Crippen molar-refractivity contribution >= 4 is 18.0 Å². The Morgan fingerprint density at radius 3 is 2.54 bits per heavy atom. The smallest absolute Gasteiger partial charge is 0.337 e. The van der Waals surface area contributed by atoms with Crippen LogP contribution in [0.1, 0.15) is 71.9 Å². The van der Waals surface area contributed by atoms with Gasteiger partial charge in [0.2, 0.25) is 0 Å². The van der Waals surface area contributed by atoms with Crippen LogP contribution in [0.25, 0.3) is 6.08 Å². The van der Waals surface area contributed by atoms with E-state index < -0.39 is 54.1 Å². The van der Waals surface area contributed by atoms with Crippen molar-refractivity contribution in [3.05, 3.63) is 59.4 Å². The maximum atomic E-state index is 13.2. The van der Waals surface area contributed by atoms with Crippen molar-refractivity contribution in [2.75, 3.05) is 7.11 Å². The Bertz CT molecular complexity index is 1350. The summed E-state index contributed by atoms with van der Waals surface area (Å²) in [6.07, 6.45) is 7.08. The van der Waals surface area contributed by atoms with Crippen LogP contribution < -0.4 is 0 Å². The number of aromatic nitrogens is 1. The zero-order chi connectivity index (χ0) is 33.8. The van der Waals surface area contributed by atoms with Crippen LogP contribution in [0.2, 0.25) is 0 Å². The highest BCUT2D eigenvalue weighted by molar-refractivity contribution is 5.75. The van der Waals surface area contributed by atoms with Gasteiger partial charge in [-0.2, -0.15) is 0 Å². The molecule has 3 aliphatic rings. The average Bonchev–Trinajstić information content (AvgIpc) is 3.50. The zero-order valence-electron chi connectivity index (χ0n) is 27.8. The molecule has 4 heterocycles. The van der Waals surface area contributed by atoms with Gasteiger partial charge in [-0.1, -0.05) is 44.2 Å². The number of allylic oxidation sites excluding steroid dienone is 4. The molecular formula is C35H49NO10. The van der Waals surface area contributed by atoms with Crippen molar-refractivity contribution in [1.29, 1.82) is 0 Å². The molecule has 1 aromatic heterocycles. The van der Waals surface area contributed by atoms with E-state index in [4.69, 9.17) is 23.4 Å². The van der Waals surface area contributed by atoms with Crippen molar-refractivity contribution < 1.29 is 48.3 Å². The lowest BCUT2D eigenvalue weighted by Gasteiger charge is -2.34. The number of oxazole rings is 1. The maximum absolute atomic E-state index is 13.2. The molecule has 1 aromatic rings. The van der Waals surface area contributed by atoms with Crippen molar-refractivity contribution in [3.8, 4) is 0 Å². The van der Waals surface area contributed by atoms with E-state index in [2.05, 4.69) is 4.98 Å². The van der Waals surface area contributed by atoms with Crippen molar-refractivity contribution in [2.45, 2.75) is 116 Å². The van der Waals surface area contributed by atoms with Gasteiger partial charge in [-0.3, -0.25) is 4.79 Å². The third kappa shape index (κ3) is 8.83. The lowest BCUT2D eigenvalue weighted by molar-refractivity contribution is -0.173. The number of ether oxygens (including phenoxy) is 4. The van der Waals surface area contributed by atoms with Crippen molar-refractivity contribution in [2.24, 2.45) is 17.8 Å². The summed E-state index contributed by atoms with van der Waals surface area (Å²) in [4.78, 5) is 29.9. The number of esters is 2. The minimum atomic E-state index is -1.84. The van der Waals surface area contributed by atoms with Gasteiger partial charge in [-0.25, -0.2) is 9.78 Å². The molecule has 0 saturated carbocycles. The van der Waals surface area contributed by atoms with Gasteiger partial charge in [0.05, 0.1) is 18.3 Å². The Morgan fingerprint density at radius 2 is 1.87 bits per heavy atom. The van der Waals surface area contributed by atoms with E-state index in [0.29, 0.717) is 12.3 Å².